The van der Waals surface area contributed by atoms with Gasteiger partial charge >= 0.3 is 0 Å². The molecular formula is C17H20N2O4S. The lowest BCUT2D eigenvalue weighted by atomic mass is 9.79. The van der Waals surface area contributed by atoms with Crippen LogP contribution in [-0.4, -0.2) is 26.9 Å². The third kappa shape index (κ3) is 3.22. The van der Waals surface area contributed by atoms with E-state index in [0.29, 0.717) is 0 Å². The lowest BCUT2D eigenvalue weighted by Crippen LogP contribution is -2.49. The summed E-state index contributed by atoms with van der Waals surface area (Å²) in [5, 5.41) is 2.75. The number of sulfonamides is 1. The number of fused-ring (bicyclic) bond motifs is 1. The smallest absolute Gasteiger partial charge is 0.273 e. The van der Waals surface area contributed by atoms with E-state index in [1.165, 1.54) is 30.5 Å². The van der Waals surface area contributed by atoms with Crippen molar-refractivity contribution in [2.75, 3.05) is 7.05 Å². The molecule has 1 heterocycles. The van der Waals surface area contributed by atoms with Crippen molar-refractivity contribution < 1.29 is 17.6 Å². The van der Waals surface area contributed by atoms with Crippen LogP contribution in [0.5, 0.6) is 0 Å². The molecular weight excluding hydrogens is 328 g/mol. The van der Waals surface area contributed by atoms with E-state index in [4.69, 9.17) is 4.42 Å². The van der Waals surface area contributed by atoms with E-state index in [2.05, 4.69) is 22.2 Å². The van der Waals surface area contributed by atoms with Gasteiger partial charge in [-0.25, -0.2) is 13.1 Å². The second-order valence-electron chi connectivity index (χ2n) is 6.32. The van der Waals surface area contributed by atoms with Gasteiger partial charge in [0.2, 0.25) is 5.09 Å². The van der Waals surface area contributed by atoms with Crippen molar-refractivity contribution in [1.82, 2.24) is 10.0 Å². The zero-order chi connectivity index (χ0) is 17.4. The summed E-state index contributed by atoms with van der Waals surface area (Å²) in [5.41, 5.74) is 2.38. The Balaban J connectivity index is 1.76. The molecule has 3 rings (SSSR count). The summed E-state index contributed by atoms with van der Waals surface area (Å²) in [6, 6.07) is 9.45. The Morgan fingerprint density at radius 2 is 1.96 bits per heavy atom. The second-order valence-corrected chi connectivity index (χ2v) is 8.14. The first-order chi connectivity index (χ1) is 11.3. The molecule has 128 valence electrons. The van der Waals surface area contributed by atoms with Gasteiger partial charge in [-0.15, -0.1) is 0 Å². The summed E-state index contributed by atoms with van der Waals surface area (Å²) in [7, 11) is -2.41. The molecule has 6 nitrogen and oxygen atoms in total. The van der Waals surface area contributed by atoms with Crippen molar-refractivity contribution >= 4 is 15.9 Å². The minimum absolute atomic E-state index is 0.198. The molecule has 1 amide bonds. The van der Waals surface area contributed by atoms with E-state index in [9.17, 15) is 13.2 Å². The molecule has 0 radical (unpaired) electrons. The van der Waals surface area contributed by atoms with Gasteiger partial charge in [-0.1, -0.05) is 24.3 Å². The molecule has 1 unspecified atom stereocenters. The van der Waals surface area contributed by atoms with E-state index in [0.717, 1.165) is 19.3 Å². The monoisotopic (exact) mass is 348 g/mol. The van der Waals surface area contributed by atoms with Gasteiger partial charge in [0.15, 0.2) is 0 Å². The van der Waals surface area contributed by atoms with E-state index in [1.807, 2.05) is 19.1 Å². The highest BCUT2D eigenvalue weighted by atomic mass is 32.2. The van der Waals surface area contributed by atoms with Gasteiger partial charge in [-0.05, 0) is 44.4 Å². The Hall–Kier alpha value is -2.12. The number of benzene rings is 1. The average Bonchev–Trinajstić information content (AvgIpc) is 3.05. The van der Waals surface area contributed by atoms with E-state index >= 15 is 0 Å². The fourth-order valence-corrected chi connectivity index (χ4v) is 3.68. The number of aryl methyl sites for hydroxylation is 1. The molecule has 1 aromatic heterocycles. The molecule has 1 atom stereocenters. The van der Waals surface area contributed by atoms with Crippen LogP contribution < -0.4 is 10.0 Å². The summed E-state index contributed by atoms with van der Waals surface area (Å²) in [6.45, 7) is 2.01. The van der Waals surface area contributed by atoms with Crippen LogP contribution in [0.25, 0.3) is 0 Å². The van der Waals surface area contributed by atoms with Crippen LogP contribution in [0.4, 0.5) is 0 Å². The minimum Gasteiger partial charge on any atom is -0.451 e. The van der Waals surface area contributed by atoms with Crippen molar-refractivity contribution in [3.8, 4) is 0 Å². The van der Waals surface area contributed by atoms with Gasteiger partial charge in [0.05, 0.1) is 5.56 Å². The number of hydrogen-bond acceptors (Lipinski definition) is 4. The predicted octanol–water partition coefficient (Wildman–Crippen LogP) is 1.87. The molecule has 24 heavy (non-hydrogen) atoms. The van der Waals surface area contributed by atoms with Crippen LogP contribution in [-0.2, 0) is 22.9 Å². The first kappa shape index (κ1) is 16.7. The number of rotatable bonds is 4. The van der Waals surface area contributed by atoms with Crippen LogP contribution in [0.1, 0.15) is 34.8 Å². The van der Waals surface area contributed by atoms with Crippen LogP contribution in [0.3, 0.4) is 0 Å². The van der Waals surface area contributed by atoms with Gasteiger partial charge in [0.25, 0.3) is 15.9 Å². The first-order valence-corrected chi connectivity index (χ1v) is 9.23. The molecule has 0 saturated carbocycles. The molecule has 1 aliphatic rings. The Labute approximate surface area is 141 Å². The van der Waals surface area contributed by atoms with Gasteiger partial charge in [-0.2, -0.15) is 0 Å². The Kier molecular flexibility index (Phi) is 4.23. The highest BCUT2D eigenvalue weighted by Crippen LogP contribution is 2.29. The van der Waals surface area contributed by atoms with Crippen molar-refractivity contribution in [2.45, 2.75) is 36.8 Å². The Bertz CT molecular complexity index is 872. The van der Waals surface area contributed by atoms with Gasteiger partial charge in [0.1, 0.15) is 6.26 Å². The standard InChI is InChI=1S/C17H20N2O4S/c1-17(8-7-12-5-3-4-6-13(12)10-17)19-16(20)14-9-15(23-11-14)24(21,22)18-2/h3-6,9,11,18H,7-8,10H2,1-2H3,(H,19,20). The maximum atomic E-state index is 12.5. The molecule has 1 aromatic carbocycles. The second kappa shape index (κ2) is 6.07. The van der Waals surface area contributed by atoms with Crippen molar-refractivity contribution in [3.05, 3.63) is 53.3 Å². The van der Waals surface area contributed by atoms with E-state index in [-0.39, 0.29) is 22.1 Å². The summed E-state index contributed by atoms with van der Waals surface area (Å²) in [6.07, 6.45) is 3.64. The van der Waals surface area contributed by atoms with Gasteiger partial charge in [0, 0.05) is 11.6 Å². The molecule has 7 heteroatoms. The lowest BCUT2D eigenvalue weighted by molar-refractivity contribution is 0.0897. The minimum atomic E-state index is -3.70. The van der Waals surface area contributed by atoms with Crippen LogP contribution in [0.15, 0.2) is 46.1 Å². The fraction of sp³-hybridized carbons (Fsp3) is 0.353. The molecule has 0 fully saturated rings. The number of carbonyl (C=O) groups is 1. The molecule has 0 saturated heterocycles. The summed E-state index contributed by atoms with van der Waals surface area (Å²) < 4.78 is 30.5. The van der Waals surface area contributed by atoms with Crippen LogP contribution >= 0.6 is 0 Å². The number of amides is 1. The lowest BCUT2D eigenvalue weighted by Gasteiger charge is -2.35. The largest absolute Gasteiger partial charge is 0.451 e. The Morgan fingerprint density at radius 3 is 2.67 bits per heavy atom. The molecule has 1 aliphatic carbocycles. The van der Waals surface area contributed by atoms with Crippen molar-refractivity contribution in [3.63, 3.8) is 0 Å². The highest BCUT2D eigenvalue weighted by molar-refractivity contribution is 7.89. The highest BCUT2D eigenvalue weighted by Gasteiger charge is 2.32. The SMILES string of the molecule is CNS(=O)(=O)c1cc(C(=O)NC2(C)CCc3ccccc3C2)co1. The number of nitrogens with one attached hydrogen (secondary N) is 2. The average molecular weight is 348 g/mol. The van der Waals surface area contributed by atoms with Crippen molar-refractivity contribution in [1.29, 1.82) is 0 Å². The maximum Gasteiger partial charge on any atom is 0.273 e. The predicted molar refractivity (Wildman–Crippen MR) is 89.3 cm³/mol. The maximum absolute atomic E-state index is 12.5. The molecule has 0 aliphatic heterocycles. The summed E-state index contributed by atoms with van der Waals surface area (Å²) in [5.74, 6) is -0.335. The van der Waals surface area contributed by atoms with Crippen molar-refractivity contribution in [2.24, 2.45) is 0 Å². The topological polar surface area (TPSA) is 88.4 Å². The number of furan rings is 1. The molecule has 0 spiro atoms. The molecule has 0 bridgehead atoms. The third-order valence-corrected chi connectivity index (χ3v) is 5.71. The molecule has 2 aromatic rings. The Morgan fingerprint density at radius 1 is 1.25 bits per heavy atom. The van der Waals surface area contributed by atoms with Gasteiger partial charge in [-0.3, -0.25) is 4.79 Å². The summed E-state index contributed by atoms with van der Waals surface area (Å²) in [4.78, 5) is 12.5. The van der Waals surface area contributed by atoms with E-state index in [1.54, 1.807) is 0 Å². The van der Waals surface area contributed by atoms with Crippen LogP contribution in [0, 0.1) is 0 Å². The first-order valence-electron chi connectivity index (χ1n) is 7.74. The zero-order valence-corrected chi connectivity index (χ0v) is 14.4. The van der Waals surface area contributed by atoms with E-state index < -0.39 is 10.0 Å². The quantitative estimate of drug-likeness (QED) is 0.883. The zero-order valence-electron chi connectivity index (χ0n) is 13.6. The molecule has 2 N–H and O–H groups in total. The number of hydrogen-bond donors (Lipinski definition) is 2. The third-order valence-electron chi connectivity index (χ3n) is 4.43. The fourth-order valence-electron chi connectivity index (χ4n) is 3.02. The van der Waals surface area contributed by atoms with Gasteiger partial charge < -0.3 is 9.73 Å². The number of carbonyl (C=O) groups excluding carboxylic acids is 1. The normalized spacial score (nSPS) is 20.4. The van der Waals surface area contributed by atoms with Crippen LogP contribution in [0.2, 0.25) is 0 Å². The summed E-state index contributed by atoms with van der Waals surface area (Å²) >= 11 is 0.